The van der Waals surface area contributed by atoms with E-state index in [9.17, 15) is 19.8 Å². The third kappa shape index (κ3) is 8.20. The van der Waals surface area contributed by atoms with Crippen LogP contribution in [0.25, 0.3) is 5.57 Å². The summed E-state index contributed by atoms with van der Waals surface area (Å²) in [5.74, 6) is 4.34. The minimum absolute atomic E-state index is 0.00339. The molecule has 0 amide bonds. The molecule has 4 saturated carbocycles. The molecule has 9 atom stereocenters. The Hall–Kier alpha value is -2.70. The van der Waals surface area contributed by atoms with Crippen molar-refractivity contribution in [3.63, 3.8) is 0 Å². The molecule has 4 fully saturated rings. The zero-order chi connectivity index (χ0) is 39.8. The highest BCUT2D eigenvalue weighted by molar-refractivity contribution is 6.33. The molecule has 0 spiro atoms. The number of carbonyl (C=O) groups is 2. The minimum Gasteiger partial charge on any atom is -0.505 e. The van der Waals surface area contributed by atoms with Gasteiger partial charge >= 0.3 is 11.9 Å². The molecule has 0 saturated heterocycles. The molecule has 4 aliphatic rings. The van der Waals surface area contributed by atoms with Gasteiger partial charge in [-0.05, 0) is 170 Å². The number of esters is 2. The predicted octanol–water partition coefficient (Wildman–Crippen LogP) is 12.9. The largest absolute Gasteiger partial charge is 0.505 e. The van der Waals surface area contributed by atoms with Gasteiger partial charge in [0.25, 0.3) is 0 Å². The molecule has 55 heavy (non-hydrogen) atoms. The molecule has 2 N–H and O–H groups in total. The van der Waals surface area contributed by atoms with Crippen LogP contribution < -0.4 is 0 Å². The van der Waals surface area contributed by atoms with Crippen LogP contribution in [0, 0.1) is 58.2 Å². The molecule has 2 aromatic rings. The molecule has 2 aromatic carbocycles. The van der Waals surface area contributed by atoms with E-state index in [1.165, 1.54) is 103 Å². The van der Waals surface area contributed by atoms with E-state index in [0.717, 1.165) is 54.3 Å². The van der Waals surface area contributed by atoms with Crippen LogP contribution in [0.3, 0.4) is 0 Å². The first kappa shape index (κ1) is 41.9. The zero-order valence-electron chi connectivity index (χ0n) is 34.2. The molecule has 6 nitrogen and oxygen atoms in total. The van der Waals surface area contributed by atoms with Crippen molar-refractivity contribution in [2.24, 2.45) is 58.2 Å². The van der Waals surface area contributed by atoms with Crippen LogP contribution in [-0.4, -0.2) is 36.4 Å². The Labute approximate surface area is 339 Å². The molecule has 302 valence electrons. The number of benzene rings is 2. The smallest absolute Gasteiger partial charge is 0.341 e. The highest BCUT2D eigenvalue weighted by Gasteiger charge is 2.60. The van der Waals surface area contributed by atoms with Gasteiger partial charge in [-0.2, -0.15) is 0 Å². The van der Waals surface area contributed by atoms with E-state index in [-0.39, 0.29) is 32.7 Å². The van der Waals surface area contributed by atoms with Gasteiger partial charge in [0.2, 0.25) is 0 Å². The average Bonchev–Trinajstić information content (AvgIpc) is 3.52. The van der Waals surface area contributed by atoms with E-state index in [2.05, 4.69) is 40.7 Å². The highest BCUT2D eigenvalue weighted by Crippen LogP contribution is 2.69. The monoisotopic (exact) mass is 794 g/mol. The standard InChI is InChI=1S/C47H64Cl2O6/c1-27(2)10-8-11-28(3)37-16-17-38-34-15-14-32-22-29(18-20-46(32,4)39(34)19-21-47(37,38)5)12-9-13-33(30-23-35(44(52)54-6)42(50)40(48)25-30)31-24-36(45(53)55-7)43(51)41(49)26-31/h13,23-29,32,34,37-39,50-51H,8-12,14-22H2,1-7H3/t28?,29-,32?,34?,37+,38?,39?,46-,47+/m0/s1. The van der Waals surface area contributed by atoms with Gasteiger partial charge in [-0.25, -0.2) is 9.59 Å². The van der Waals surface area contributed by atoms with Crippen molar-refractivity contribution in [3.8, 4) is 11.5 Å². The third-order valence-corrected chi connectivity index (χ3v) is 16.0. The predicted molar refractivity (Wildman–Crippen MR) is 222 cm³/mol. The molecular weight excluding hydrogens is 731 g/mol. The second-order valence-corrected chi connectivity index (χ2v) is 19.5. The van der Waals surface area contributed by atoms with Crippen LogP contribution in [0.2, 0.25) is 10.0 Å². The number of halogens is 2. The molecule has 0 bridgehead atoms. The van der Waals surface area contributed by atoms with Crippen molar-refractivity contribution in [2.45, 2.75) is 125 Å². The maximum atomic E-state index is 12.6. The second-order valence-electron chi connectivity index (χ2n) is 18.7. The molecule has 0 aliphatic heterocycles. The van der Waals surface area contributed by atoms with E-state index in [1.54, 1.807) is 12.1 Å². The molecule has 5 unspecified atom stereocenters. The molecule has 0 aromatic heterocycles. The maximum absolute atomic E-state index is 12.6. The van der Waals surface area contributed by atoms with Crippen molar-refractivity contribution in [3.05, 3.63) is 62.6 Å². The van der Waals surface area contributed by atoms with Crippen molar-refractivity contribution in [1.82, 2.24) is 0 Å². The lowest BCUT2D eigenvalue weighted by Gasteiger charge is -2.61. The third-order valence-electron chi connectivity index (χ3n) is 15.5. The van der Waals surface area contributed by atoms with Crippen LogP contribution in [0.15, 0.2) is 30.3 Å². The SMILES string of the molecule is COC(=O)c1cc(C(=CCC[C@H]2CC[C@@]3(C)C(CCC4C3CC[C@@]3(C)C4CC[C@@H]3C(C)CCCC(C)C)C2)c2cc(Cl)c(O)c(C(=O)OC)c2)cc(Cl)c1O. The fourth-order valence-corrected chi connectivity index (χ4v) is 13.0. The van der Waals surface area contributed by atoms with E-state index < -0.39 is 11.9 Å². The summed E-state index contributed by atoms with van der Waals surface area (Å²) in [4.78, 5) is 25.2. The second kappa shape index (κ2) is 17.0. The lowest BCUT2D eigenvalue weighted by molar-refractivity contribution is -0.121. The summed E-state index contributed by atoms with van der Waals surface area (Å²) in [6.07, 6.45) is 20.2. The quantitative estimate of drug-likeness (QED) is 0.208. The Morgan fingerprint density at radius 1 is 0.800 bits per heavy atom. The first-order chi connectivity index (χ1) is 26.1. The fourth-order valence-electron chi connectivity index (χ4n) is 12.5. The van der Waals surface area contributed by atoms with Crippen molar-refractivity contribution in [1.29, 1.82) is 0 Å². The Bertz CT molecular complexity index is 1690. The van der Waals surface area contributed by atoms with Gasteiger partial charge in [0.15, 0.2) is 0 Å². The van der Waals surface area contributed by atoms with Crippen LogP contribution in [0.4, 0.5) is 0 Å². The number of fused-ring (bicyclic) bond motifs is 5. The first-order valence-corrected chi connectivity index (χ1v) is 21.8. The summed E-state index contributed by atoms with van der Waals surface area (Å²) in [7, 11) is 2.49. The number of phenols is 2. The van der Waals surface area contributed by atoms with Crippen LogP contribution in [0.1, 0.15) is 156 Å². The number of hydrogen-bond donors (Lipinski definition) is 2. The van der Waals surface area contributed by atoms with Gasteiger partial charge < -0.3 is 19.7 Å². The van der Waals surface area contributed by atoms with E-state index in [1.807, 2.05) is 0 Å². The summed E-state index contributed by atoms with van der Waals surface area (Å²) in [5.41, 5.74) is 2.59. The van der Waals surface area contributed by atoms with Crippen molar-refractivity contribution < 1.29 is 29.3 Å². The topological polar surface area (TPSA) is 93.1 Å². The fraction of sp³-hybridized carbons (Fsp3) is 0.660. The number of hydrogen-bond acceptors (Lipinski definition) is 6. The van der Waals surface area contributed by atoms with Crippen molar-refractivity contribution >= 4 is 40.7 Å². The molecule has 6 rings (SSSR count). The Balaban J connectivity index is 1.18. The summed E-state index contributed by atoms with van der Waals surface area (Å²) < 4.78 is 9.85. The Kier molecular flexibility index (Phi) is 13.0. The van der Waals surface area contributed by atoms with Gasteiger partial charge in [-0.3, -0.25) is 0 Å². The lowest BCUT2D eigenvalue weighted by Crippen LogP contribution is -2.53. The molecule has 8 heteroatoms. The van der Waals surface area contributed by atoms with E-state index in [4.69, 9.17) is 32.7 Å². The van der Waals surface area contributed by atoms with Gasteiger partial charge in [0.1, 0.15) is 22.6 Å². The molecule has 0 heterocycles. The summed E-state index contributed by atoms with van der Waals surface area (Å²) in [5, 5.41) is 21.2. The molecular formula is C47H64Cl2O6. The maximum Gasteiger partial charge on any atom is 0.341 e. The van der Waals surface area contributed by atoms with E-state index >= 15 is 0 Å². The number of phenolic OH excluding ortho intramolecular Hbond substituents is 2. The van der Waals surface area contributed by atoms with Crippen molar-refractivity contribution in [2.75, 3.05) is 14.2 Å². The number of aromatic hydroxyl groups is 2. The van der Waals surface area contributed by atoms with Gasteiger partial charge in [0.05, 0.1) is 24.3 Å². The van der Waals surface area contributed by atoms with Crippen LogP contribution in [0.5, 0.6) is 11.5 Å². The number of carbonyl (C=O) groups excluding carboxylic acids is 2. The minimum atomic E-state index is -0.721. The molecule has 4 aliphatic carbocycles. The highest BCUT2D eigenvalue weighted by atomic mass is 35.5. The van der Waals surface area contributed by atoms with Crippen LogP contribution in [-0.2, 0) is 9.47 Å². The van der Waals surface area contributed by atoms with Crippen LogP contribution >= 0.6 is 23.2 Å². The Morgan fingerprint density at radius 3 is 1.96 bits per heavy atom. The van der Waals surface area contributed by atoms with Gasteiger partial charge in [-0.1, -0.05) is 83.2 Å². The summed E-state index contributed by atoms with van der Waals surface area (Å²) in [6.45, 7) is 12.6. The number of methoxy groups -OCH3 is 2. The normalized spacial score (nSPS) is 30.5. The molecule has 0 radical (unpaired) electrons. The number of ether oxygens (including phenoxy) is 2. The lowest BCUT2D eigenvalue weighted by atomic mass is 9.44. The summed E-state index contributed by atoms with van der Waals surface area (Å²) >= 11 is 12.9. The van der Waals surface area contributed by atoms with Gasteiger partial charge in [-0.15, -0.1) is 0 Å². The number of rotatable bonds is 12. The zero-order valence-corrected chi connectivity index (χ0v) is 35.7. The summed E-state index contributed by atoms with van der Waals surface area (Å²) in [6, 6.07) is 6.26. The average molecular weight is 796 g/mol. The Morgan fingerprint density at radius 2 is 1.38 bits per heavy atom. The first-order valence-electron chi connectivity index (χ1n) is 21.0. The number of allylic oxidation sites excluding steroid dienone is 1. The van der Waals surface area contributed by atoms with E-state index in [0.29, 0.717) is 33.4 Å². The van der Waals surface area contributed by atoms with Gasteiger partial charge in [0, 0.05) is 0 Å².